The summed E-state index contributed by atoms with van der Waals surface area (Å²) < 4.78 is 5.93. The molecule has 4 rings (SSSR count). The molecule has 0 aliphatic carbocycles. The number of benzene rings is 1. The first-order chi connectivity index (χ1) is 12.3. The van der Waals surface area contributed by atoms with Gasteiger partial charge in [0.15, 0.2) is 6.04 Å². The number of rotatable bonds is 5. The summed E-state index contributed by atoms with van der Waals surface area (Å²) in [5, 5.41) is 10.5. The number of aromatic nitrogens is 2. The van der Waals surface area contributed by atoms with Gasteiger partial charge in [0.05, 0.1) is 4.88 Å². The van der Waals surface area contributed by atoms with Crippen LogP contribution in [0, 0.1) is 0 Å². The van der Waals surface area contributed by atoms with Gasteiger partial charge in [0.1, 0.15) is 32.7 Å². The second-order valence-electron chi connectivity index (χ2n) is 6.72. The number of nitrogens with one attached hydrogen (secondary N) is 2. The monoisotopic (exact) mass is 356 g/mol. The average molecular weight is 356 g/mol. The first kappa shape index (κ1) is 16.4. The lowest BCUT2D eigenvalue weighted by Crippen LogP contribution is -3.27. The molecule has 2 aromatic heterocycles. The van der Waals surface area contributed by atoms with Crippen molar-refractivity contribution in [2.75, 3.05) is 26.2 Å². The van der Waals surface area contributed by atoms with Gasteiger partial charge in [-0.05, 0) is 18.4 Å². The summed E-state index contributed by atoms with van der Waals surface area (Å²) in [6.07, 6.45) is 0. The van der Waals surface area contributed by atoms with E-state index in [9.17, 15) is 0 Å². The molecule has 1 aliphatic rings. The quantitative estimate of drug-likeness (QED) is 0.712. The van der Waals surface area contributed by atoms with Gasteiger partial charge in [-0.25, -0.2) is 0 Å². The molecule has 130 valence electrons. The zero-order chi connectivity index (χ0) is 17.1. The van der Waals surface area contributed by atoms with Gasteiger partial charge in [-0.2, -0.15) is 0 Å². The molecule has 0 bridgehead atoms. The number of hydrogen-bond donors (Lipinski definition) is 2. The molecule has 6 heteroatoms. The van der Waals surface area contributed by atoms with Crippen LogP contribution in [0.2, 0.25) is 0 Å². The standard InChI is InChI=1S/C19H22N4OS/c1-15(18-20-21-19(24-18)17-8-5-13-25-17)23-11-9-22(10-12-23)14-16-6-3-2-4-7-16/h2-8,13,15H,9-12,14H2,1H3/p+2/t15-/m0/s1. The van der Waals surface area contributed by atoms with Crippen LogP contribution in [0.5, 0.6) is 0 Å². The molecule has 0 spiro atoms. The van der Waals surface area contributed by atoms with Gasteiger partial charge >= 0.3 is 0 Å². The van der Waals surface area contributed by atoms with E-state index in [4.69, 9.17) is 4.42 Å². The number of nitrogens with zero attached hydrogens (tertiary/aromatic N) is 2. The smallest absolute Gasteiger partial charge is 0.274 e. The van der Waals surface area contributed by atoms with E-state index in [1.54, 1.807) is 16.2 Å². The molecule has 0 amide bonds. The van der Waals surface area contributed by atoms with Crippen molar-refractivity contribution < 1.29 is 14.2 Å². The van der Waals surface area contributed by atoms with Crippen molar-refractivity contribution in [3.05, 3.63) is 59.3 Å². The molecule has 0 saturated carbocycles. The summed E-state index contributed by atoms with van der Waals surface area (Å²) in [4.78, 5) is 4.24. The highest BCUT2D eigenvalue weighted by molar-refractivity contribution is 7.13. The summed E-state index contributed by atoms with van der Waals surface area (Å²) in [6, 6.07) is 15.0. The average Bonchev–Trinajstić information content (AvgIpc) is 3.34. The highest BCUT2D eigenvalue weighted by Gasteiger charge is 2.31. The number of quaternary nitrogens is 2. The fourth-order valence-corrected chi connectivity index (χ4v) is 4.15. The predicted molar refractivity (Wildman–Crippen MR) is 97.6 cm³/mol. The molecule has 3 heterocycles. The molecule has 2 N–H and O–H groups in total. The van der Waals surface area contributed by atoms with Gasteiger partial charge in [0, 0.05) is 5.56 Å². The van der Waals surface area contributed by atoms with E-state index in [1.807, 2.05) is 17.5 Å². The minimum Gasteiger partial charge on any atom is -0.414 e. The predicted octanol–water partition coefficient (Wildman–Crippen LogP) is 0.843. The molecule has 25 heavy (non-hydrogen) atoms. The Morgan fingerprint density at radius 3 is 2.56 bits per heavy atom. The summed E-state index contributed by atoms with van der Waals surface area (Å²) in [7, 11) is 0. The third kappa shape index (κ3) is 3.81. The maximum Gasteiger partial charge on any atom is 0.274 e. The molecule has 5 nitrogen and oxygen atoms in total. The molecule has 1 aliphatic heterocycles. The van der Waals surface area contributed by atoms with Crippen LogP contribution in [0.25, 0.3) is 10.8 Å². The van der Waals surface area contributed by atoms with Crippen molar-refractivity contribution in [2.45, 2.75) is 19.5 Å². The minimum absolute atomic E-state index is 0.250. The van der Waals surface area contributed by atoms with Gasteiger partial charge < -0.3 is 14.2 Å². The van der Waals surface area contributed by atoms with Crippen molar-refractivity contribution >= 4 is 11.3 Å². The Hall–Kier alpha value is -2.02. The highest BCUT2D eigenvalue weighted by atomic mass is 32.1. The van der Waals surface area contributed by atoms with Crippen molar-refractivity contribution in [1.29, 1.82) is 0 Å². The third-order valence-corrected chi connectivity index (χ3v) is 5.91. The van der Waals surface area contributed by atoms with E-state index in [2.05, 4.69) is 47.5 Å². The Morgan fingerprint density at radius 2 is 1.84 bits per heavy atom. The lowest BCUT2D eigenvalue weighted by molar-refractivity contribution is -1.03. The Labute approximate surface area is 151 Å². The van der Waals surface area contributed by atoms with Crippen LogP contribution in [0.15, 0.2) is 52.3 Å². The van der Waals surface area contributed by atoms with Crippen molar-refractivity contribution in [2.24, 2.45) is 0 Å². The zero-order valence-electron chi connectivity index (χ0n) is 14.4. The molecule has 0 radical (unpaired) electrons. The van der Waals surface area contributed by atoms with E-state index in [0.717, 1.165) is 30.4 Å². The second kappa shape index (κ2) is 7.47. The van der Waals surface area contributed by atoms with E-state index in [-0.39, 0.29) is 6.04 Å². The van der Waals surface area contributed by atoms with Crippen LogP contribution in [0.1, 0.15) is 24.4 Å². The summed E-state index contributed by atoms with van der Waals surface area (Å²) >= 11 is 1.63. The topological polar surface area (TPSA) is 47.8 Å². The van der Waals surface area contributed by atoms with Crippen LogP contribution < -0.4 is 9.80 Å². The van der Waals surface area contributed by atoms with Crippen LogP contribution in [-0.4, -0.2) is 36.4 Å². The van der Waals surface area contributed by atoms with Crippen LogP contribution in [-0.2, 0) is 6.54 Å². The minimum atomic E-state index is 0.250. The fourth-order valence-electron chi connectivity index (χ4n) is 3.50. The van der Waals surface area contributed by atoms with E-state index < -0.39 is 0 Å². The summed E-state index contributed by atoms with van der Waals surface area (Å²) in [5.41, 5.74) is 1.42. The number of thiophene rings is 1. The van der Waals surface area contributed by atoms with Crippen molar-refractivity contribution in [3.8, 4) is 10.8 Å². The molecular formula is C19H24N4OS+2. The molecule has 1 fully saturated rings. The van der Waals surface area contributed by atoms with Crippen LogP contribution in [0.3, 0.4) is 0 Å². The van der Waals surface area contributed by atoms with E-state index >= 15 is 0 Å². The summed E-state index contributed by atoms with van der Waals surface area (Å²) in [6.45, 7) is 7.95. The largest absolute Gasteiger partial charge is 0.414 e. The third-order valence-electron chi connectivity index (χ3n) is 5.05. The van der Waals surface area contributed by atoms with E-state index in [0.29, 0.717) is 5.89 Å². The highest BCUT2D eigenvalue weighted by Crippen LogP contribution is 2.24. The lowest BCUT2D eigenvalue weighted by Gasteiger charge is -2.32. The van der Waals surface area contributed by atoms with Gasteiger partial charge in [-0.3, -0.25) is 0 Å². The maximum absolute atomic E-state index is 5.93. The molecular weight excluding hydrogens is 332 g/mol. The maximum atomic E-state index is 5.93. The Kier molecular flexibility index (Phi) is 4.92. The first-order valence-corrected chi connectivity index (χ1v) is 9.77. The van der Waals surface area contributed by atoms with Crippen LogP contribution in [0.4, 0.5) is 0 Å². The van der Waals surface area contributed by atoms with E-state index in [1.165, 1.54) is 23.6 Å². The SMILES string of the molecule is C[C@@H](c1nnc(-c2cccs2)o1)[NH+]1CC[NH+](Cc2ccccc2)CC1. The van der Waals surface area contributed by atoms with Crippen molar-refractivity contribution in [1.82, 2.24) is 10.2 Å². The lowest BCUT2D eigenvalue weighted by atomic mass is 10.2. The molecule has 1 saturated heterocycles. The molecule has 1 atom stereocenters. The second-order valence-corrected chi connectivity index (χ2v) is 7.66. The van der Waals surface area contributed by atoms with Crippen LogP contribution >= 0.6 is 11.3 Å². The fraction of sp³-hybridized carbons (Fsp3) is 0.368. The summed E-state index contributed by atoms with van der Waals surface area (Å²) in [5.74, 6) is 1.40. The van der Waals surface area contributed by atoms with Gasteiger partial charge in [-0.15, -0.1) is 21.5 Å². The van der Waals surface area contributed by atoms with Gasteiger partial charge in [0.25, 0.3) is 11.8 Å². The molecule has 0 unspecified atom stereocenters. The number of piperazine rings is 1. The van der Waals surface area contributed by atoms with Crippen molar-refractivity contribution in [3.63, 3.8) is 0 Å². The molecule has 1 aromatic carbocycles. The number of hydrogen-bond acceptors (Lipinski definition) is 4. The molecule has 3 aromatic rings. The normalized spacial score (nSPS) is 22.0. The van der Waals surface area contributed by atoms with Gasteiger partial charge in [0.2, 0.25) is 0 Å². The van der Waals surface area contributed by atoms with Gasteiger partial charge in [-0.1, -0.05) is 36.4 Å². The Balaban J connectivity index is 1.34. The first-order valence-electron chi connectivity index (χ1n) is 8.89. The Morgan fingerprint density at radius 1 is 1.04 bits per heavy atom. The zero-order valence-corrected chi connectivity index (χ0v) is 15.3. The Bertz CT molecular complexity index is 779.